The number of esters is 1. The first kappa shape index (κ1) is 11.5. The monoisotopic (exact) mass is 219 g/mol. The van der Waals surface area contributed by atoms with Gasteiger partial charge >= 0.3 is 5.97 Å². The van der Waals surface area contributed by atoms with Crippen molar-refractivity contribution in [1.82, 2.24) is 4.98 Å². The molecule has 0 aliphatic carbocycles. The molecule has 0 saturated carbocycles. The zero-order chi connectivity index (χ0) is 11.4. The van der Waals surface area contributed by atoms with Crippen LogP contribution in [0.25, 0.3) is 0 Å². The van der Waals surface area contributed by atoms with Crippen LogP contribution in [0.4, 0.5) is 13.2 Å². The highest BCUT2D eigenvalue weighted by molar-refractivity contribution is 5.91. The van der Waals surface area contributed by atoms with Crippen LogP contribution in [0.3, 0.4) is 0 Å². The van der Waals surface area contributed by atoms with Crippen LogP contribution in [-0.4, -0.2) is 17.6 Å². The molecule has 0 aromatic carbocycles. The summed E-state index contributed by atoms with van der Waals surface area (Å²) < 4.78 is 41.9. The Balaban J connectivity index is 3.12. The number of aromatic nitrogens is 1. The van der Waals surface area contributed by atoms with Gasteiger partial charge in [0.1, 0.15) is 0 Å². The molecule has 0 atom stereocenters. The molecule has 1 rings (SSSR count). The number of carbonyl (C=O) groups excluding carboxylic acids is 1. The van der Waals surface area contributed by atoms with E-state index in [0.29, 0.717) is 12.3 Å². The standard InChI is InChI=1S/C9H8F3NO2/c1-2-15-9(14)5-3-7(10)13-4-6(5)8(11)12/h3-4,8H,2H2,1H3. The average Bonchev–Trinajstić information content (AvgIpc) is 2.17. The smallest absolute Gasteiger partial charge is 0.338 e. The summed E-state index contributed by atoms with van der Waals surface area (Å²) in [6.45, 7) is 1.56. The van der Waals surface area contributed by atoms with Gasteiger partial charge in [0.25, 0.3) is 6.43 Å². The Hall–Kier alpha value is -1.59. The second-order valence-electron chi connectivity index (χ2n) is 2.62. The van der Waals surface area contributed by atoms with Crippen LogP contribution in [0.1, 0.15) is 29.3 Å². The third-order valence-electron chi connectivity index (χ3n) is 1.63. The van der Waals surface area contributed by atoms with Crippen LogP contribution in [0.2, 0.25) is 0 Å². The lowest BCUT2D eigenvalue weighted by Gasteiger charge is -2.07. The maximum absolute atomic E-state index is 12.6. The zero-order valence-electron chi connectivity index (χ0n) is 7.84. The minimum atomic E-state index is -2.89. The van der Waals surface area contributed by atoms with Gasteiger partial charge in [-0.25, -0.2) is 18.6 Å². The molecule has 0 spiro atoms. The quantitative estimate of drug-likeness (QED) is 0.578. The molecule has 0 N–H and O–H groups in total. The lowest BCUT2D eigenvalue weighted by molar-refractivity contribution is 0.0514. The van der Waals surface area contributed by atoms with E-state index < -0.39 is 29.5 Å². The summed E-state index contributed by atoms with van der Waals surface area (Å²) in [6.07, 6.45) is -2.26. The third kappa shape index (κ3) is 2.68. The van der Waals surface area contributed by atoms with E-state index in [4.69, 9.17) is 0 Å². The third-order valence-corrected chi connectivity index (χ3v) is 1.63. The summed E-state index contributed by atoms with van der Waals surface area (Å²) in [7, 11) is 0. The molecule has 0 unspecified atom stereocenters. The lowest BCUT2D eigenvalue weighted by Crippen LogP contribution is -2.09. The predicted molar refractivity (Wildman–Crippen MR) is 45.1 cm³/mol. The Morgan fingerprint density at radius 2 is 2.27 bits per heavy atom. The first-order chi connectivity index (χ1) is 7.06. The Bertz CT molecular complexity index is 368. The summed E-state index contributed by atoms with van der Waals surface area (Å²) in [5.74, 6) is -1.98. The molecule has 0 bridgehead atoms. The number of hydrogen-bond donors (Lipinski definition) is 0. The molecule has 0 radical (unpaired) electrons. The number of hydrogen-bond acceptors (Lipinski definition) is 3. The number of nitrogens with zero attached hydrogens (tertiary/aromatic N) is 1. The van der Waals surface area contributed by atoms with Crippen molar-refractivity contribution >= 4 is 5.97 Å². The summed E-state index contributed by atoms with van der Waals surface area (Å²) >= 11 is 0. The molecule has 3 nitrogen and oxygen atoms in total. The normalized spacial score (nSPS) is 10.5. The number of ether oxygens (including phenoxy) is 1. The van der Waals surface area contributed by atoms with Crippen LogP contribution in [0, 0.1) is 5.95 Å². The average molecular weight is 219 g/mol. The molecule has 1 aromatic rings. The van der Waals surface area contributed by atoms with Gasteiger partial charge in [0, 0.05) is 12.3 Å². The fraction of sp³-hybridized carbons (Fsp3) is 0.333. The molecule has 0 saturated heterocycles. The molecule has 82 valence electrons. The highest BCUT2D eigenvalue weighted by atomic mass is 19.3. The van der Waals surface area contributed by atoms with Crippen molar-refractivity contribution in [3.8, 4) is 0 Å². The first-order valence-electron chi connectivity index (χ1n) is 4.17. The Morgan fingerprint density at radius 1 is 1.60 bits per heavy atom. The van der Waals surface area contributed by atoms with E-state index in [-0.39, 0.29) is 6.61 Å². The molecule has 0 aliphatic heterocycles. The largest absolute Gasteiger partial charge is 0.462 e. The van der Waals surface area contributed by atoms with Crippen LogP contribution in [-0.2, 0) is 4.74 Å². The Kier molecular flexibility index (Phi) is 3.65. The summed E-state index contributed by atoms with van der Waals surface area (Å²) in [4.78, 5) is 14.2. The van der Waals surface area contributed by atoms with Crippen molar-refractivity contribution in [2.24, 2.45) is 0 Å². The van der Waals surface area contributed by atoms with Crippen LogP contribution < -0.4 is 0 Å². The van der Waals surface area contributed by atoms with Crippen LogP contribution in [0.5, 0.6) is 0 Å². The molecule has 1 heterocycles. The van der Waals surface area contributed by atoms with Crippen molar-refractivity contribution in [1.29, 1.82) is 0 Å². The first-order valence-corrected chi connectivity index (χ1v) is 4.17. The van der Waals surface area contributed by atoms with Gasteiger partial charge in [-0.05, 0) is 6.92 Å². The van der Waals surface area contributed by atoms with Gasteiger partial charge in [-0.3, -0.25) is 0 Å². The maximum Gasteiger partial charge on any atom is 0.338 e. The highest BCUT2D eigenvalue weighted by Crippen LogP contribution is 2.23. The van der Waals surface area contributed by atoms with Gasteiger partial charge in [-0.1, -0.05) is 0 Å². The van der Waals surface area contributed by atoms with E-state index in [1.54, 1.807) is 0 Å². The molecule has 15 heavy (non-hydrogen) atoms. The van der Waals surface area contributed by atoms with Crippen LogP contribution >= 0.6 is 0 Å². The molecule has 1 aromatic heterocycles. The van der Waals surface area contributed by atoms with E-state index in [0.717, 1.165) is 0 Å². The lowest BCUT2D eigenvalue weighted by atomic mass is 10.1. The van der Waals surface area contributed by atoms with Gasteiger partial charge in [0.2, 0.25) is 5.95 Å². The Labute approximate surface area is 83.9 Å². The second kappa shape index (κ2) is 4.77. The minimum absolute atomic E-state index is 0.0332. The molecular weight excluding hydrogens is 211 g/mol. The number of carbonyl (C=O) groups is 1. The van der Waals surface area contributed by atoms with E-state index in [9.17, 15) is 18.0 Å². The Morgan fingerprint density at radius 3 is 2.80 bits per heavy atom. The van der Waals surface area contributed by atoms with E-state index in [1.165, 1.54) is 6.92 Å². The number of pyridine rings is 1. The number of rotatable bonds is 3. The zero-order valence-corrected chi connectivity index (χ0v) is 7.84. The fourth-order valence-corrected chi connectivity index (χ4v) is 1.000. The van der Waals surface area contributed by atoms with Gasteiger partial charge in [-0.15, -0.1) is 0 Å². The predicted octanol–water partition coefficient (Wildman–Crippen LogP) is 2.33. The number of halogens is 3. The van der Waals surface area contributed by atoms with E-state index in [2.05, 4.69) is 9.72 Å². The molecular formula is C9H8F3NO2. The summed E-state index contributed by atoms with van der Waals surface area (Å²) in [5.41, 5.74) is -1.12. The van der Waals surface area contributed by atoms with Crippen molar-refractivity contribution < 1.29 is 22.7 Å². The minimum Gasteiger partial charge on any atom is -0.462 e. The SMILES string of the molecule is CCOC(=O)c1cc(F)ncc1C(F)F. The molecule has 0 aliphatic rings. The maximum atomic E-state index is 12.6. The topological polar surface area (TPSA) is 39.2 Å². The van der Waals surface area contributed by atoms with Gasteiger partial charge < -0.3 is 4.74 Å². The van der Waals surface area contributed by atoms with Crippen LogP contribution in [0.15, 0.2) is 12.3 Å². The number of alkyl halides is 2. The summed E-state index contributed by atoms with van der Waals surface area (Å²) in [6, 6.07) is 0.638. The van der Waals surface area contributed by atoms with E-state index >= 15 is 0 Å². The highest BCUT2D eigenvalue weighted by Gasteiger charge is 2.20. The van der Waals surface area contributed by atoms with Gasteiger partial charge in [0.15, 0.2) is 0 Å². The van der Waals surface area contributed by atoms with Crippen molar-refractivity contribution in [3.63, 3.8) is 0 Å². The fourth-order valence-electron chi connectivity index (χ4n) is 1.000. The second-order valence-corrected chi connectivity index (χ2v) is 2.62. The molecule has 0 amide bonds. The van der Waals surface area contributed by atoms with Crippen molar-refractivity contribution in [2.75, 3.05) is 6.61 Å². The van der Waals surface area contributed by atoms with Gasteiger partial charge in [-0.2, -0.15) is 4.39 Å². The van der Waals surface area contributed by atoms with Crippen molar-refractivity contribution in [3.05, 3.63) is 29.3 Å². The van der Waals surface area contributed by atoms with E-state index in [1.807, 2.05) is 0 Å². The van der Waals surface area contributed by atoms with Gasteiger partial charge in [0.05, 0.1) is 17.7 Å². The summed E-state index contributed by atoms with van der Waals surface area (Å²) in [5, 5.41) is 0. The molecule has 0 fully saturated rings. The van der Waals surface area contributed by atoms with Crippen molar-refractivity contribution in [2.45, 2.75) is 13.3 Å². The molecule has 6 heteroatoms.